The number of nitrogens with one attached hydrogen (secondary N) is 1. The lowest BCUT2D eigenvalue weighted by atomic mass is 10.1. The molecule has 0 aliphatic carbocycles. The van der Waals surface area contributed by atoms with Crippen molar-refractivity contribution in [2.45, 2.75) is 6.92 Å². The lowest BCUT2D eigenvalue weighted by Gasteiger charge is -2.04. The highest BCUT2D eigenvalue weighted by molar-refractivity contribution is 5.63. The summed E-state index contributed by atoms with van der Waals surface area (Å²) in [5.41, 5.74) is 7.84. The average Bonchev–Trinajstić information content (AvgIpc) is 2.16. The first-order chi connectivity index (χ1) is 7.16. The molecule has 0 unspecified atom stereocenters. The van der Waals surface area contributed by atoms with E-state index in [1.807, 2.05) is 31.2 Å². The topological polar surface area (TPSA) is 71.8 Å². The number of aryl methyl sites for hydroxylation is 1. The van der Waals surface area contributed by atoms with Gasteiger partial charge in [0.05, 0.1) is 5.69 Å². The Bertz CT molecular complexity index is 546. The number of aromatic amines is 1. The van der Waals surface area contributed by atoms with Crippen LogP contribution in [0.15, 0.2) is 35.1 Å². The van der Waals surface area contributed by atoms with Gasteiger partial charge in [-0.15, -0.1) is 0 Å². The van der Waals surface area contributed by atoms with Crippen LogP contribution in [0.5, 0.6) is 0 Å². The van der Waals surface area contributed by atoms with Crippen LogP contribution in [0.1, 0.15) is 5.56 Å². The number of rotatable bonds is 1. The zero-order chi connectivity index (χ0) is 10.8. The van der Waals surface area contributed by atoms with Crippen LogP contribution in [-0.4, -0.2) is 9.97 Å². The Labute approximate surface area is 86.8 Å². The number of hydrogen-bond donors (Lipinski definition) is 2. The molecule has 2 aromatic rings. The van der Waals surface area contributed by atoms with Gasteiger partial charge in [0, 0.05) is 11.6 Å². The first kappa shape index (κ1) is 9.45. The molecule has 1 aromatic carbocycles. The van der Waals surface area contributed by atoms with Crippen molar-refractivity contribution in [3.05, 3.63) is 46.2 Å². The predicted molar refractivity (Wildman–Crippen MR) is 59.4 cm³/mol. The van der Waals surface area contributed by atoms with Crippen molar-refractivity contribution < 1.29 is 0 Å². The van der Waals surface area contributed by atoms with Crippen LogP contribution in [0.25, 0.3) is 11.3 Å². The molecule has 0 atom stereocenters. The quantitative estimate of drug-likeness (QED) is 0.731. The summed E-state index contributed by atoms with van der Waals surface area (Å²) in [6.45, 7) is 1.97. The zero-order valence-electron chi connectivity index (χ0n) is 8.32. The van der Waals surface area contributed by atoms with Gasteiger partial charge in [-0.25, -0.2) is 4.98 Å². The Morgan fingerprint density at radius 1 is 1.33 bits per heavy atom. The SMILES string of the molecule is Cc1ccccc1-c1cc(=O)[nH]c(N)n1. The van der Waals surface area contributed by atoms with E-state index in [1.165, 1.54) is 6.07 Å². The summed E-state index contributed by atoms with van der Waals surface area (Å²) >= 11 is 0. The van der Waals surface area contributed by atoms with E-state index in [1.54, 1.807) is 0 Å². The minimum atomic E-state index is -0.235. The summed E-state index contributed by atoms with van der Waals surface area (Å²) in [6.07, 6.45) is 0. The van der Waals surface area contributed by atoms with Crippen molar-refractivity contribution in [2.75, 3.05) is 5.73 Å². The van der Waals surface area contributed by atoms with Crippen molar-refractivity contribution in [2.24, 2.45) is 0 Å². The Hall–Kier alpha value is -2.10. The fraction of sp³-hybridized carbons (Fsp3) is 0.0909. The maximum absolute atomic E-state index is 11.2. The van der Waals surface area contributed by atoms with Crippen molar-refractivity contribution >= 4 is 5.95 Å². The van der Waals surface area contributed by atoms with Crippen molar-refractivity contribution in [1.82, 2.24) is 9.97 Å². The first-order valence-corrected chi connectivity index (χ1v) is 4.59. The number of nitrogen functional groups attached to an aromatic ring is 1. The number of H-pyrrole nitrogens is 1. The van der Waals surface area contributed by atoms with E-state index in [0.717, 1.165) is 11.1 Å². The maximum Gasteiger partial charge on any atom is 0.252 e. The molecule has 15 heavy (non-hydrogen) atoms. The fourth-order valence-corrected chi connectivity index (χ4v) is 1.47. The molecule has 2 rings (SSSR count). The highest BCUT2D eigenvalue weighted by atomic mass is 16.1. The van der Waals surface area contributed by atoms with E-state index in [2.05, 4.69) is 9.97 Å². The lowest BCUT2D eigenvalue weighted by Crippen LogP contribution is -2.10. The summed E-state index contributed by atoms with van der Waals surface area (Å²) < 4.78 is 0. The average molecular weight is 201 g/mol. The molecule has 4 nitrogen and oxygen atoms in total. The normalized spacial score (nSPS) is 10.2. The van der Waals surface area contributed by atoms with Crippen molar-refractivity contribution in [3.8, 4) is 11.3 Å². The Balaban J connectivity index is 2.64. The first-order valence-electron chi connectivity index (χ1n) is 4.59. The number of nitrogens with zero attached hydrogens (tertiary/aromatic N) is 1. The molecule has 0 saturated heterocycles. The highest BCUT2D eigenvalue weighted by Gasteiger charge is 2.04. The summed E-state index contributed by atoms with van der Waals surface area (Å²) in [6, 6.07) is 9.17. The van der Waals surface area contributed by atoms with Crippen LogP contribution in [0.3, 0.4) is 0 Å². The molecule has 0 aliphatic rings. The standard InChI is InChI=1S/C11H11N3O/c1-7-4-2-3-5-8(7)9-6-10(15)14-11(12)13-9/h2-6H,1H3,(H3,12,13,14,15). The van der Waals surface area contributed by atoms with E-state index in [4.69, 9.17) is 5.73 Å². The highest BCUT2D eigenvalue weighted by Crippen LogP contribution is 2.19. The van der Waals surface area contributed by atoms with Crippen LogP contribution in [0.2, 0.25) is 0 Å². The van der Waals surface area contributed by atoms with Gasteiger partial charge in [0.15, 0.2) is 0 Å². The van der Waals surface area contributed by atoms with Crippen LogP contribution in [0, 0.1) is 6.92 Å². The van der Waals surface area contributed by atoms with Crippen LogP contribution < -0.4 is 11.3 Å². The van der Waals surface area contributed by atoms with Gasteiger partial charge in [0.1, 0.15) is 0 Å². The molecule has 0 radical (unpaired) electrons. The van der Waals surface area contributed by atoms with Gasteiger partial charge in [-0.05, 0) is 12.5 Å². The summed E-state index contributed by atoms with van der Waals surface area (Å²) in [4.78, 5) is 17.7. The van der Waals surface area contributed by atoms with E-state index in [9.17, 15) is 4.79 Å². The van der Waals surface area contributed by atoms with E-state index >= 15 is 0 Å². The van der Waals surface area contributed by atoms with Crippen molar-refractivity contribution in [3.63, 3.8) is 0 Å². The number of nitrogens with two attached hydrogens (primary N) is 1. The largest absolute Gasteiger partial charge is 0.369 e. The third-order valence-corrected chi connectivity index (χ3v) is 2.18. The minimum Gasteiger partial charge on any atom is -0.369 e. The van der Waals surface area contributed by atoms with E-state index in [-0.39, 0.29) is 11.5 Å². The second kappa shape index (κ2) is 3.57. The predicted octanol–water partition coefficient (Wildman–Crippen LogP) is 1.33. The van der Waals surface area contributed by atoms with Crippen LogP contribution in [-0.2, 0) is 0 Å². The van der Waals surface area contributed by atoms with Gasteiger partial charge in [0.2, 0.25) is 5.95 Å². The molecule has 0 spiro atoms. The molecule has 0 bridgehead atoms. The number of hydrogen-bond acceptors (Lipinski definition) is 3. The molecule has 76 valence electrons. The molecule has 0 amide bonds. The zero-order valence-corrected chi connectivity index (χ0v) is 8.32. The number of aromatic nitrogens is 2. The summed E-state index contributed by atoms with van der Waals surface area (Å²) in [7, 11) is 0. The summed E-state index contributed by atoms with van der Waals surface area (Å²) in [5.74, 6) is 0.140. The fourth-order valence-electron chi connectivity index (χ4n) is 1.47. The second-order valence-corrected chi connectivity index (χ2v) is 3.33. The monoisotopic (exact) mass is 201 g/mol. The summed E-state index contributed by atoms with van der Waals surface area (Å²) in [5, 5.41) is 0. The van der Waals surface area contributed by atoms with Crippen LogP contribution >= 0.6 is 0 Å². The molecule has 0 aliphatic heterocycles. The smallest absolute Gasteiger partial charge is 0.252 e. The minimum absolute atomic E-state index is 0.140. The van der Waals surface area contributed by atoms with E-state index in [0.29, 0.717) is 5.69 Å². The molecular formula is C11H11N3O. The second-order valence-electron chi connectivity index (χ2n) is 3.33. The van der Waals surface area contributed by atoms with Gasteiger partial charge in [-0.1, -0.05) is 24.3 Å². The molecule has 1 heterocycles. The molecule has 4 heteroatoms. The Kier molecular flexibility index (Phi) is 2.25. The van der Waals surface area contributed by atoms with Crippen molar-refractivity contribution in [1.29, 1.82) is 0 Å². The van der Waals surface area contributed by atoms with Gasteiger partial charge in [-0.2, -0.15) is 0 Å². The third kappa shape index (κ3) is 1.88. The number of anilines is 1. The van der Waals surface area contributed by atoms with Gasteiger partial charge in [-0.3, -0.25) is 9.78 Å². The lowest BCUT2D eigenvalue weighted by molar-refractivity contribution is 1.14. The van der Waals surface area contributed by atoms with Gasteiger partial charge >= 0.3 is 0 Å². The molecule has 0 saturated carbocycles. The van der Waals surface area contributed by atoms with Crippen LogP contribution in [0.4, 0.5) is 5.95 Å². The third-order valence-electron chi connectivity index (χ3n) is 2.18. The molecular weight excluding hydrogens is 190 g/mol. The van der Waals surface area contributed by atoms with Gasteiger partial charge in [0.25, 0.3) is 5.56 Å². The number of benzene rings is 1. The molecule has 1 aromatic heterocycles. The van der Waals surface area contributed by atoms with E-state index < -0.39 is 0 Å². The molecule has 3 N–H and O–H groups in total. The maximum atomic E-state index is 11.2. The molecule has 0 fully saturated rings. The Morgan fingerprint density at radius 2 is 2.07 bits per heavy atom. The van der Waals surface area contributed by atoms with Gasteiger partial charge < -0.3 is 5.73 Å². The Morgan fingerprint density at radius 3 is 2.73 bits per heavy atom.